The zero-order valence-corrected chi connectivity index (χ0v) is 18.1. The van der Waals surface area contributed by atoms with Crippen molar-refractivity contribution in [2.45, 2.75) is 31.7 Å². The SMILES string of the molecule is C#Cc1cccc(NC(=O)NCCCc2ccc3c(c2)C(=O)N(C2CCC(=O)NC2=O)C3=O)n1. The average molecular weight is 459 g/mol. The molecule has 4 rings (SSSR count). The molecule has 34 heavy (non-hydrogen) atoms. The van der Waals surface area contributed by atoms with E-state index in [1.807, 2.05) is 0 Å². The minimum atomic E-state index is -0.993. The molecule has 0 spiro atoms. The third-order valence-electron chi connectivity index (χ3n) is 5.57. The number of anilines is 1. The Morgan fingerprint density at radius 1 is 1.15 bits per heavy atom. The Balaban J connectivity index is 1.31. The van der Waals surface area contributed by atoms with Crippen molar-refractivity contribution in [3.63, 3.8) is 0 Å². The molecular formula is C24H21N5O5. The average Bonchev–Trinajstić information content (AvgIpc) is 3.06. The van der Waals surface area contributed by atoms with Gasteiger partial charge in [-0.05, 0) is 49.1 Å². The first-order chi connectivity index (χ1) is 16.4. The Morgan fingerprint density at radius 2 is 1.94 bits per heavy atom. The molecule has 1 saturated heterocycles. The Kier molecular flexibility index (Phi) is 6.36. The number of terminal acetylenes is 1. The van der Waals surface area contributed by atoms with Gasteiger partial charge in [-0.2, -0.15) is 0 Å². The maximum Gasteiger partial charge on any atom is 0.320 e. The molecule has 2 aromatic rings. The number of nitrogens with one attached hydrogen (secondary N) is 3. The number of carbonyl (C=O) groups excluding carboxylic acids is 5. The number of fused-ring (bicyclic) bond motifs is 1. The lowest BCUT2D eigenvalue weighted by atomic mass is 10.0. The number of hydrogen-bond donors (Lipinski definition) is 3. The monoisotopic (exact) mass is 459 g/mol. The quantitative estimate of drug-likeness (QED) is 0.337. The number of carbonyl (C=O) groups is 5. The summed E-state index contributed by atoms with van der Waals surface area (Å²) in [5, 5.41) is 7.50. The molecule has 0 bridgehead atoms. The zero-order valence-electron chi connectivity index (χ0n) is 18.1. The molecule has 1 unspecified atom stereocenters. The largest absolute Gasteiger partial charge is 0.338 e. The lowest BCUT2D eigenvalue weighted by Gasteiger charge is -2.27. The van der Waals surface area contributed by atoms with Gasteiger partial charge in [-0.3, -0.25) is 34.7 Å². The van der Waals surface area contributed by atoms with Gasteiger partial charge in [-0.15, -0.1) is 6.42 Å². The van der Waals surface area contributed by atoms with Gasteiger partial charge in [0.1, 0.15) is 17.6 Å². The first-order valence-corrected chi connectivity index (χ1v) is 10.7. The highest BCUT2D eigenvalue weighted by atomic mass is 16.2. The number of nitrogens with zero attached hydrogens (tertiary/aromatic N) is 2. The second kappa shape index (κ2) is 9.54. The van der Waals surface area contributed by atoms with Crippen LogP contribution >= 0.6 is 0 Å². The van der Waals surface area contributed by atoms with Crippen molar-refractivity contribution in [2.75, 3.05) is 11.9 Å². The second-order valence-corrected chi connectivity index (χ2v) is 7.86. The van der Waals surface area contributed by atoms with Gasteiger partial charge in [0.15, 0.2) is 0 Å². The highest BCUT2D eigenvalue weighted by Crippen LogP contribution is 2.28. The number of benzene rings is 1. The number of aromatic nitrogens is 1. The van der Waals surface area contributed by atoms with E-state index in [2.05, 4.69) is 26.9 Å². The summed E-state index contributed by atoms with van der Waals surface area (Å²) in [5.74, 6) is 0.594. The maximum atomic E-state index is 12.9. The number of piperidine rings is 1. The molecule has 3 heterocycles. The van der Waals surface area contributed by atoms with Gasteiger partial charge in [0, 0.05) is 13.0 Å². The van der Waals surface area contributed by atoms with E-state index in [9.17, 15) is 24.0 Å². The summed E-state index contributed by atoms with van der Waals surface area (Å²) in [4.78, 5) is 66.2. The Labute approximate surface area is 195 Å². The number of amides is 6. The number of imide groups is 2. The van der Waals surface area contributed by atoms with Crippen molar-refractivity contribution in [2.24, 2.45) is 0 Å². The maximum absolute atomic E-state index is 12.9. The number of hydrogen-bond acceptors (Lipinski definition) is 6. The van der Waals surface area contributed by atoms with E-state index in [0.717, 1.165) is 10.5 Å². The molecule has 2 aliphatic heterocycles. The Bertz CT molecular complexity index is 1250. The van der Waals surface area contributed by atoms with Crippen molar-refractivity contribution in [3.05, 3.63) is 58.8 Å². The van der Waals surface area contributed by atoms with Crippen LogP contribution in [-0.2, 0) is 16.0 Å². The third-order valence-corrected chi connectivity index (χ3v) is 5.57. The summed E-state index contributed by atoms with van der Waals surface area (Å²) in [5.41, 5.74) is 1.70. The van der Waals surface area contributed by atoms with E-state index in [-0.39, 0.29) is 24.0 Å². The molecule has 172 valence electrons. The van der Waals surface area contributed by atoms with Crippen molar-refractivity contribution >= 4 is 35.5 Å². The number of urea groups is 1. The standard InChI is InChI=1S/C24H21N5O5/c1-2-15-6-3-7-19(26-15)27-24(34)25-12-4-5-14-8-9-16-17(13-14)23(33)29(22(16)32)18-10-11-20(30)28-21(18)31/h1,3,6-9,13,18H,4-5,10-12H2,(H,28,30,31)(H2,25,26,27,34). The number of aryl methyl sites for hydroxylation is 1. The minimum Gasteiger partial charge on any atom is -0.338 e. The van der Waals surface area contributed by atoms with E-state index in [1.165, 1.54) is 0 Å². The summed E-state index contributed by atoms with van der Waals surface area (Å²) >= 11 is 0. The lowest BCUT2D eigenvalue weighted by molar-refractivity contribution is -0.136. The highest BCUT2D eigenvalue weighted by Gasteiger charge is 2.44. The van der Waals surface area contributed by atoms with Gasteiger partial charge in [0.25, 0.3) is 11.8 Å². The molecular weight excluding hydrogens is 438 g/mol. The van der Waals surface area contributed by atoms with Crippen LogP contribution in [0.4, 0.5) is 10.6 Å². The molecule has 10 heteroatoms. The fourth-order valence-electron chi connectivity index (χ4n) is 3.91. The van der Waals surface area contributed by atoms with Crippen molar-refractivity contribution in [1.82, 2.24) is 20.5 Å². The zero-order chi connectivity index (χ0) is 24.2. The molecule has 10 nitrogen and oxygen atoms in total. The first kappa shape index (κ1) is 22.7. The molecule has 2 aliphatic rings. The van der Waals surface area contributed by atoms with E-state index in [0.29, 0.717) is 30.9 Å². The van der Waals surface area contributed by atoms with Gasteiger partial charge in [0.2, 0.25) is 11.8 Å². The van der Waals surface area contributed by atoms with Gasteiger partial charge in [0.05, 0.1) is 11.1 Å². The molecule has 1 atom stereocenters. The van der Waals surface area contributed by atoms with Gasteiger partial charge < -0.3 is 5.32 Å². The second-order valence-electron chi connectivity index (χ2n) is 7.86. The fraction of sp³-hybridized carbons (Fsp3) is 0.250. The fourth-order valence-corrected chi connectivity index (χ4v) is 3.91. The van der Waals surface area contributed by atoms with E-state index in [1.54, 1.807) is 36.4 Å². The predicted molar refractivity (Wildman–Crippen MR) is 121 cm³/mol. The van der Waals surface area contributed by atoms with Gasteiger partial charge in [-0.1, -0.05) is 18.1 Å². The minimum absolute atomic E-state index is 0.0705. The molecule has 0 aliphatic carbocycles. The lowest BCUT2D eigenvalue weighted by Crippen LogP contribution is -2.54. The molecule has 1 fully saturated rings. The van der Waals surface area contributed by atoms with E-state index < -0.39 is 35.7 Å². The summed E-state index contributed by atoms with van der Waals surface area (Å²) in [6, 6.07) is 8.51. The summed E-state index contributed by atoms with van der Waals surface area (Å²) in [7, 11) is 0. The van der Waals surface area contributed by atoms with Gasteiger partial charge >= 0.3 is 6.03 Å². The summed E-state index contributed by atoms with van der Waals surface area (Å²) < 4.78 is 0. The summed E-state index contributed by atoms with van der Waals surface area (Å²) in [6.07, 6.45) is 6.62. The van der Waals surface area contributed by atoms with Gasteiger partial charge in [-0.25, -0.2) is 9.78 Å². The van der Waals surface area contributed by atoms with E-state index in [4.69, 9.17) is 6.42 Å². The first-order valence-electron chi connectivity index (χ1n) is 10.7. The van der Waals surface area contributed by atoms with Crippen molar-refractivity contribution < 1.29 is 24.0 Å². The Hall–Kier alpha value is -4.52. The Morgan fingerprint density at radius 3 is 2.71 bits per heavy atom. The van der Waals surface area contributed by atoms with Crippen LogP contribution in [0.3, 0.4) is 0 Å². The molecule has 0 radical (unpaired) electrons. The molecule has 3 N–H and O–H groups in total. The normalized spacial score (nSPS) is 17.1. The van der Waals surface area contributed by atoms with Crippen LogP contribution in [-0.4, -0.2) is 52.1 Å². The van der Waals surface area contributed by atoms with Crippen molar-refractivity contribution in [3.8, 4) is 12.3 Å². The van der Waals surface area contributed by atoms with Crippen LogP contribution in [0.5, 0.6) is 0 Å². The van der Waals surface area contributed by atoms with Crippen LogP contribution in [0.15, 0.2) is 36.4 Å². The number of rotatable bonds is 6. The predicted octanol–water partition coefficient (Wildman–Crippen LogP) is 1.22. The van der Waals surface area contributed by atoms with Crippen LogP contribution < -0.4 is 16.0 Å². The molecule has 1 aromatic carbocycles. The summed E-state index contributed by atoms with van der Waals surface area (Å²) in [6.45, 7) is 0.368. The number of pyridine rings is 1. The van der Waals surface area contributed by atoms with Crippen LogP contribution in [0.1, 0.15) is 51.2 Å². The van der Waals surface area contributed by atoms with Crippen molar-refractivity contribution in [1.29, 1.82) is 0 Å². The topological polar surface area (TPSA) is 138 Å². The van der Waals surface area contributed by atoms with Crippen LogP contribution in [0, 0.1) is 12.3 Å². The smallest absolute Gasteiger partial charge is 0.320 e. The highest BCUT2D eigenvalue weighted by molar-refractivity contribution is 6.23. The third kappa shape index (κ3) is 4.63. The van der Waals surface area contributed by atoms with Crippen LogP contribution in [0.2, 0.25) is 0 Å². The van der Waals surface area contributed by atoms with E-state index >= 15 is 0 Å². The molecule has 1 aromatic heterocycles. The van der Waals surface area contributed by atoms with Crippen LogP contribution in [0.25, 0.3) is 0 Å². The molecule has 0 saturated carbocycles. The molecule has 6 amide bonds.